The Morgan fingerprint density at radius 1 is 1.15 bits per heavy atom. The molecule has 6 nitrogen and oxygen atoms in total. The van der Waals surface area contributed by atoms with E-state index in [-0.39, 0.29) is 11.9 Å². The van der Waals surface area contributed by atoms with Crippen molar-refractivity contribution in [3.05, 3.63) is 29.8 Å². The van der Waals surface area contributed by atoms with Crippen molar-refractivity contribution in [1.82, 2.24) is 5.32 Å². The van der Waals surface area contributed by atoms with E-state index < -0.39 is 0 Å². The number of carbonyl (C=O) groups is 1. The third-order valence-corrected chi connectivity index (χ3v) is 5.42. The number of hydrogen-bond acceptors (Lipinski definition) is 5. The molecule has 1 saturated heterocycles. The lowest BCUT2D eigenvalue weighted by Crippen LogP contribution is -2.46. The first-order valence-corrected chi connectivity index (χ1v) is 9.88. The molecule has 2 aliphatic rings. The average Bonchev–Trinajstić information content (AvgIpc) is 2.67. The quantitative estimate of drug-likeness (QED) is 0.652. The minimum atomic E-state index is 0.0372. The molecule has 1 unspecified atom stereocenters. The second-order valence-corrected chi connectivity index (χ2v) is 7.26. The Kier molecular flexibility index (Phi) is 6.63. The van der Waals surface area contributed by atoms with Gasteiger partial charge in [0, 0.05) is 12.0 Å². The van der Waals surface area contributed by atoms with Crippen molar-refractivity contribution < 1.29 is 4.79 Å². The molecule has 2 aliphatic heterocycles. The highest BCUT2D eigenvalue weighted by atomic mass is 16.2. The summed E-state index contributed by atoms with van der Waals surface area (Å²) in [6.07, 6.45) is 6.64. The number of nitrogens with two attached hydrogens (primary N) is 2. The monoisotopic (exact) mass is 357 g/mol. The van der Waals surface area contributed by atoms with Gasteiger partial charge in [-0.1, -0.05) is 31.0 Å². The minimum Gasteiger partial charge on any atom is -0.369 e. The van der Waals surface area contributed by atoms with Gasteiger partial charge in [0.05, 0.1) is 11.7 Å². The average molecular weight is 358 g/mol. The maximum absolute atomic E-state index is 12.8. The number of guanidine groups is 1. The summed E-state index contributed by atoms with van der Waals surface area (Å²) in [4.78, 5) is 19.2. The van der Waals surface area contributed by atoms with Crippen molar-refractivity contribution in [2.45, 2.75) is 51.0 Å². The van der Waals surface area contributed by atoms with Crippen LogP contribution in [-0.4, -0.2) is 31.5 Å². The van der Waals surface area contributed by atoms with Crippen LogP contribution in [0.25, 0.3) is 0 Å². The molecule has 0 spiro atoms. The zero-order chi connectivity index (χ0) is 18.4. The SMILES string of the molecule is NCCCCCCC(=O)N1C(N)=NC(C2CCNCC2)c2ccccc21. The third-order valence-electron chi connectivity index (χ3n) is 5.42. The Morgan fingerprint density at radius 3 is 2.65 bits per heavy atom. The molecule has 0 aliphatic carbocycles. The number of nitrogens with zero attached hydrogens (tertiary/aromatic N) is 2. The van der Waals surface area contributed by atoms with Gasteiger partial charge in [-0.3, -0.25) is 9.69 Å². The first kappa shape index (κ1) is 18.9. The largest absolute Gasteiger partial charge is 0.369 e. The Bertz CT molecular complexity index is 639. The summed E-state index contributed by atoms with van der Waals surface area (Å²) in [5.41, 5.74) is 13.8. The number of carbonyl (C=O) groups excluding carboxylic acids is 1. The van der Waals surface area contributed by atoms with E-state index in [9.17, 15) is 4.79 Å². The summed E-state index contributed by atoms with van der Waals surface area (Å²) in [5, 5.41) is 3.40. The van der Waals surface area contributed by atoms with Gasteiger partial charge in [0.2, 0.25) is 11.9 Å². The zero-order valence-corrected chi connectivity index (χ0v) is 15.5. The summed E-state index contributed by atoms with van der Waals surface area (Å²) in [6, 6.07) is 8.15. The predicted molar refractivity (Wildman–Crippen MR) is 106 cm³/mol. The number of rotatable bonds is 7. The fourth-order valence-electron chi connectivity index (χ4n) is 4.00. The third kappa shape index (κ3) is 4.24. The van der Waals surface area contributed by atoms with Crippen molar-refractivity contribution in [3.8, 4) is 0 Å². The van der Waals surface area contributed by atoms with Crippen LogP contribution < -0.4 is 21.7 Å². The second kappa shape index (κ2) is 9.14. The van der Waals surface area contributed by atoms with Gasteiger partial charge in [0.15, 0.2) is 0 Å². The van der Waals surface area contributed by atoms with Crippen LogP contribution in [0.4, 0.5) is 5.69 Å². The van der Waals surface area contributed by atoms with Gasteiger partial charge in [-0.25, -0.2) is 4.99 Å². The summed E-state index contributed by atoms with van der Waals surface area (Å²) in [5.74, 6) is 0.860. The van der Waals surface area contributed by atoms with Crippen LogP contribution in [0.5, 0.6) is 0 Å². The van der Waals surface area contributed by atoms with E-state index in [0.717, 1.165) is 62.9 Å². The maximum atomic E-state index is 12.8. The van der Waals surface area contributed by atoms with Crippen LogP contribution in [0.1, 0.15) is 56.6 Å². The number of para-hydroxylation sites is 1. The van der Waals surface area contributed by atoms with E-state index in [4.69, 9.17) is 16.5 Å². The van der Waals surface area contributed by atoms with Crippen LogP contribution >= 0.6 is 0 Å². The molecular weight excluding hydrogens is 326 g/mol. The lowest BCUT2D eigenvalue weighted by Gasteiger charge is -2.36. The highest BCUT2D eigenvalue weighted by molar-refractivity contribution is 6.17. The predicted octanol–water partition coefficient (Wildman–Crippen LogP) is 2.30. The Labute approximate surface area is 156 Å². The lowest BCUT2D eigenvalue weighted by molar-refractivity contribution is -0.117. The van der Waals surface area contributed by atoms with E-state index in [0.29, 0.717) is 24.8 Å². The van der Waals surface area contributed by atoms with E-state index in [1.165, 1.54) is 0 Å². The fourth-order valence-corrected chi connectivity index (χ4v) is 4.00. The van der Waals surface area contributed by atoms with Crippen molar-refractivity contribution in [2.75, 3.05) is 24.5 Å². The molecule has 1 aromatic carbocycles. The Hall–Kier alpha value is -1.92. The Balaban J connectivity index is 1.74. The summed E-state index contributed by atoms with van der Waals surface area (Å²) < 4.78 is 0. The number of fused-ring (bicyclic) bond motifs is 1. The molecule has 1 fully saturated rings. The first-order valence-electron chi connectivity index (χ1n) is 9.88. The highest BCUT2D eigenvalue weighted by Gasteiger charge is 2.34. The van der Waals surface area contributed by atoms with Gasteiger partial charge in [-0.2, -0.15) is 0 Å². The minimum absolute atomic E-state index is 0.0372. The van der Waals surface area contributed by atoms with Crippen LogP contribution in [0, 0.1) is 5.92 Å². The lowest BCUT2D eigenvalue weighted by atomic mass is 9.84. The Morgan fingerprint density at radius 2 is 1.88 bits per heavy atom. The van der Waals surface area contributed by atoms with Gasteiger partial charge in [0.1, 0.15) is 0 Å². The topological polar surface area (TPSA) is 96.7 Å². The molecular formula is C20H31N5O. The van der Waals surface area contributed by atoms with Crippen molar-refractivity contribution in [2.24, 2.45) is 22.4 Å². The molecule has 142 valence electrons. The number of hydrogen-bond donors (Lipinski definition) is 3. The van der Waals surface area contributed by atoms with Gasteiger partial charge >= 0.3 is 0 Å². The zero-order valence-electron chi connectivity index (χ0n) is 15.5. The molecule has 1 amide bonds. The maximum Gasteiger partial charge on any atom is 0.233 e. The molecule has 1 atom stereocenters. The number of piperidine rings is 1. The number of unbranched alkanes of at least 4 members (excludes halogenated alkanes) is 3. The van der Waals surface area contributed by atoms with Crippen molar-refractivity contribution in [1.29, 1.82) is 0 Å². The molecule has 1 aromatic rings. The number of aliphatic imine (C=N–C) groups is 1. The van der Waals surface area contributed by atoms with Crippen LogP contribution in [0.15, 0.2) is 29.3 Å². The number of amides is 1. The fraction of sp³-hybridized carbons (Fsp3) is 0.600. The summed E-state index contributed by atoms with van der Waals surface area (Å²) in [6.45, 7) is 2.75. The normalized spacial score (nSPS) is 20.6. The van der Waals surface area contributed by atoms with E-state index in [2.05, 4.69) is 11.4 Å². The molecule has 0 radical (unpaired) electrons. The standard InChI is InChI=1S/C20H31N5O/c21-12-6-2-1-3-9-18(26)25-17-8-5-4-7-16(17)19(24-20(25)22)15-10-13-23-14-11-15/h4-5,7-8,15,19,23H,1-3,6,9-14,21H2,(H2,22,24). The van der Waals surface area contributed by atoms with Crippen molar-refractivity contribution >= 4 is 17.6 Å². The molecule has 2 heterocycles. The van der Waals surface area contributed by atoms with Gasteiger partial charge in [-0.05, 0) is 57.3 Å². The molecule has 26 heavy (non-hydrogen) atoms. The smallest absolute Gasteiger partial charge is 0.233 e. The van der Waals surface area contributed by atoms with Crippen LogP contribution in [0.2, 0.25) is 0 Å². The molecule has 0 aromatic heterocycles. The first-order chi connectivity index (χ1) is 12.7. The van der Waals surface area contributed by atoms with Gasteiger partial charge < -0.3 is 16.8 Å². The number of anilines is 1. The van der Waals surface area contributed by atoms with Gasteiger partial charge in [0.25, 0.3) is 0 Å². The van der Waals surface area contributed by atoms with Crippen LogP contribution in [0.3, 0.4) is 0 Å². The number of nitrogens with one attached hydrogen (secondary N) is 1. The molecule has 6 heteroatoms. The van der Waals surface area contributed by atoms with Gasteiger partial charge in [-0.15, -0.1) is 0 Å². The molecule has 0 bridgehead atoms. The van der Waals surface area contributed by atoms with E-state index >= 15 is 0 Å². The summed E-state index contributed by atoms with van der Waals surface area (Å²) >= 11 is 0. The van der Waals surface area contributed by atoms with E-state index in [1.807, 2.05) is 18.2 Å². The number of benzene rings is 1. The second-order valence-electron chi connectivity index (χ2n) is 7.26. The highest BCUT2D eigenvalue weighted by Crippen LogP contribution is 2.40. The molecule has 5 N–H and O–H groups in total. The summed E-state index contributed by atoms with van der Waals surface area (Å²) in [7, 11) is 0. The van der Waals surface area contributed by atoms with E-state index in [1.54, 1.807) is 4.90 Å². The molecule has 0 saturated carbocycles. The molecule has 3 rings (SSSR count). The van der Waals surface area contributed by atoms with Crippen molar-refractivity contribution in [3.63, 3.8) is 0 Å². The van der Waals surface area contributed by atoms with Crippen LogP contribution in [-0.2, 0) is 4.79 Å².